The van der Waals surface area contributed by atoms with Gasteiger partial charge in [0.05, 0.1) is 28.8 Å². The number of anilines is 2. The van der Waals surface area contributed by atoms with Gasteiger partial charge in [0, 0.05) is 12.6 Å². The molecule has 3 N–H and O–H groups in total. The van der Waals surface area contributed by atoms with Gasteiger partial charge in [-0.3, -0.25) is 4.39 Å². The third-order valence-electron chi connectivity index (χ3n) is 6.28. The lowest BCUT2D eigenvalue weighted by molar-refractivity contribution is 0.0811. The fourth-order valence-corrected chi connectivity index (χ4v) is 4.48. The summed E-state index contributed by atoms with van der Waals surface area (Å²) in [6, 6.07) is 2.41. The van der Waals surface area contributed by atoms with E-state index in [0.717, 1.165) is 48.5 Å². The molecule has 27 heavy (non-hydrogen) atoms. The first-order valence-electron chi connectivity index (χ1n) is 10.1. The molecule has 1 unspecified atom stereocenters. The number of pyridine rings is 1. The summed E-state index contributed by atoms with van der Waals surface area (Å²) >= 11 is 0. The van der Waals surface area contributed by atoms with Crippen LogP contribution in [0.4, 0.5) is 15.9 Å². The summed E-state index contributed by atoms with van der Waals surface area (Å²) in [7, 11) is 1.75. The number of nitrogens with two attached hydrogens (primary N) is 1. The van der Waals surface area contributed by atoms with Crippen LogP contribution in [-0.2, 0) is 0 Å². The summed E-state index contributed by atoms with van der Waals surface area (Å²) in [4.78, 5) is 6.61. The van der Waals surface area contributed by atoms with Gasteiger partial charge in [-0.25, -0.2) is 4.98 Å². The van der Waals surface area contributed by atoms with Crippen LogP contribution >= 0.6 is 0 Å². The van der Waals surface area contributed by atoms with Crippen molar-refractivity contribution in [2.24, 2.45) is 5.92 Å². The smallest absolute Gasteiger partial charge is 0.150 e. The van der Waals surface area contributed by atoms with Gasteiger partial charge in [-0.2, -0.15) is 0 Å². The number of nitrogen functional groups attached to an aromatic ring is 1. The zero-order valence-electron chi connectivity index (χ0n) is 16.7. The molecule has 2 aliphatic rings. The van der Waals surface area contributed by atoms with Crippen LogP contribution in [0.25, 0.3) is 0 Å². The second-order valence-corrected chi connectivity index (χ2v) is 8.48. The van der Waals surface area contributed by atoms with Gasteiger partial charge < -0.3 is 16.0 Å². The molecule has 0 aromatic carbocycles. The van der Waals surface area contributed by atoms with Gasteiger partial charge >= 0.3 is 0 Å². The average Bonchev–Trinajstić information content (AvgIpc) is 2.64. The van der Waals surface area contributed by atoms with E-state index in [1.165, 1.54) is 12.8 Å². The van der Waals surface area contributed by atoms with E-state index in [0.29, 0.717) is 30.6 Å². The van der Waals surface area contributed by atoms with Gasteiger partial charge in [0.15, 0.2) is 0 Å². The van der Waals surface area contributed by atoms with Crippen molar-refractivity contribution in [3.63, 3.8) is 0 Å². The fourth-order valence-electron chi connectivity index (χ4n) is 4.48. The van der Waals surface area contributed by atoms with Gasteiger partial charge in [-0.1, -0.05) is 13.2 Å². The molecule has 6 heteroatoms. The number of likely N-dealkylation sites (tertiary alicyclic amines) is 1. The maximum absolute atomic E-state index is 14.2. The molecule has 1 saturated heterocycles. The molecular formula is C21H32BFN4. The summed E-state index contributed by atoms with van der Waals surface area (Å²) in [6.45, 7) is 11.5. The Kier molecular flexibility index (Phi) is 5.82. The van der Waals surface area contributed by atoms with Crippen LogP contribution in [0.3, 0.4) is 0 Å². The van der Waals surface area contributed by atoms with Crippen molar-refractivity contribution in [3.8, 4) is 0 Å². The number of rotatable bonds is 5. The lowest BCUT2D eigenvalue weighted by atomic mass is 9.67. The van der Waals surface area contributed by atoms with Crippen molar-refractivity contribution in [1.82, 2.24) is 9.88 Å². The monoisotopic (exact) mass is 370 g/mol. The maximum atomic E-state index is 14.2. The van der Waals surface area contributed by atoms with Crippen LogP contribution in [0.1, 0.15) is 50.5 Å². The highest BCUT2D eigenvalue weighted by Gasteiger charge is 2.37. The van der Waals surface area contributed by atoms with Gasteiger partial charge in [-0.05, 0) is 69.4 Å². The molecule has 2 fully saturated rings. The number of aromatic nitrogens is 1. The van der Waals surface area contributed by atoms with E-state index in [1.807, 2.05) is 13.0 Å². The molecule has 4 nitrogen and oxygen atoms in total. The molecule has 1 saturated carbocycles. The Balaban J connectivity index is 1.67. The van der Waals surface area contributed by atoms with E-state index in [1.54, 1.807) is 14.0 Å². The summed E-state index contributed by atoms with van der Waals surface area (Å²) in [6.07, 6.45) is 8.54. The molecular weight excluding hydrogens is 338 g/mol. The number of nitrogens with one attached hydrogen (secondary N) is 1. The Morgan fingerprint density at radius 3 is 2.70 bits per heavy atom. The molecule has 1 aromatic rings. The predicted molar refractivity (Wildman–Crippen MR) is 114 cm³/mol. The molecule has 146 valence electrons. The zero-order chi connectivity index (χ0) is 19.6. The number of nitrogens with zero attached hydrogens (tertiary/aromatic N) is 2. The highest BCUT2D eigenvalue weighted by Crippen LogP contribution is 2.39. The quantitative estimate of drug-likeness (QED) is 0.612. The molecule has 1 aliphatic heterocycles. The zero-order valence-corrected chi connectivity index (χ0v) is 16.7. The fraction of sp³-hybridized carbons (Fsp3) is 0.571. The number of hydrogen-bond donors (Lipinski definition) is 2. The van der Waals surface area contributed by atoms with Gasteiger partial charge in [0.25, 0.3) is 0 Å². The number of alkyl halides is 1. The molecule has 1 aliphatic carbocycles. The Bertz CT molecular complexity index is 708. The second-order valence-electron chi connectivity index (χ2n) is 8.48. The third kappa shape index (κ3) is 4.66. The molecule has 1 atom stereocenters. The van der Waals surface area contributed by atoms with Crippen molar-refractivity contribution in [1.29, 1.82) is 0 Å². The molecule has 0 radical (unpaired) electrons. The van der Waals surface area contributed by atoms with Gasteiger partial charge in [-0.15, -0.1) is 0 Å². The van der Waals surface area contributed by atoms with Crippen molar-refractivity contribution in [3.05, 3.63) is 42.4 Å². The van der Waals surface area contributed by atoms with E-state index >= 15 is 0 Å². The molecule has 0 amide bonds. The molecule has 2 heterocycles. The van der Waals surface area contributed by atoms with E-state index in [4.69, 9.17) is 5.73 Å². The Labute approximate surface area is 163 Å². The van der Waals surface area contributed by atoms with E-state index in [-0.39, 0.29) is 0 Å². The Hall–Kier alpha value is -1.98. The van der Waals surface area contributed by atoms with Crippen molar-refractivity contribution in [2.75, 3.05) is 17.6 Å². The first-order valence-corrected chi connectivity index (χ1v) is 10.1. The number of hydrogen-bond acceptors (Lipinski definition) is 4. The number of halogens is 1. The van der Waals surface area contributed by atoms with Crippen molar-refractivity contribution in [2.45, 2.75) is 63.5 Å². The second kappa shape index (κ2) is 7.95. The Morgan fingerprint density at radius 1 is 1.33 bits per heavy atom. The average molecular weight is 370 g/mol. The molecule has 0 bridgehead atoms. The lowest BCUT2D eigenvalue weighted by Gasteiger charge is -2.46. The van der Waals surface area contributed by atoms with Gasteiger partial charge in [0.2, 0.25) is 0 Å². The van der Waals surface area contributed by atoms with Crippen molar-refractivity contribution >= 4 is 19.4 Å². The van der Waals surface area contributed by atoms with Crippen LogP contribution in [-0.4, -0.2) is 35.9 Å². The van der Waals surface area contributed by atoms with Crippen LogP contribution in [0.15, 0.2) is 36.8 Å². The number of piperidine rings is 1. The van der Waals surface area contributed by atoms with E-state index in [2.05, 4.69) is 28.4 Å². The van der Waals surface area contributed by atoms with Crippen molar-refractivity contribution < 1.29 is 4.39 Å². The highest BCUT2D eigenvalue weighted by atomic mass is 19.1. The summed E-state index contributed by atoms with van der Waals surface area (Å²) in [5.74, 6) is 1.08. The molecule has 0 spiro atoms. The molecule has 1 aromatic heterocycles. The largest absolute Gasteiger partial charge is 0.383 e. The highest BCUT2D eigenvalue weighted by molar-refractivity contribution is 6.14. The van der Waals surface area contributed by atoms with Crippen LogP contribution in [0.2, 0.25) is 0 Å². The van der Waals surface area contributed by atoms with Crippen LogP contribution in [0, 0.1) is 12.8 Å². The normalized spacial score (nSPS) is 28.6. The summed E-state index contributed by atoms with van der Waals surface area (Å²) in [5, 5.41) is 3.33. The van der Waals surface area contributed by atoms with E-state index in [9.17, 15) is 4.39 Å². The summed E-state index contributed by atoms with van der Waals surface area (Å²) in [5.41, 5.74) is 8.34. The molecule has 3 rings (SSSR count). The minimum absolute atomic E-state index is 0.437. The SMILES string of the molecule is BC1(F)CCC(C2CCCCN2C(=C)C(=C)Nc2cnc(N)c(C)c2)CC1. The standard InChI is InChI=1S/C21H32BFN4/c1-14-12-18(13-25-20(14)24)26-15(2)16(3)27-11-5-4-6-19(27)17-7-9-21(22,23)10-8-17/h12-13,17,19,26H,2-11,22H2,1H3,(H2,24,25). The lowest BCUT2D eigenvalue weighted by Crippen LogP contribution is -2.46. The van der Waals surface area contributed by atoms with Crippen LogP contribution < -0.4 is 11.1 Å². The third-order valence-corrected chi connectivity index (χ3v) is 6.28. The Morgan fingerprint density at radius 2 is 2.04 bits per heavy atom. The number of aryl methyl sites for hydroxylation is 1. The predicted octanol–water partition coefficient (Wildman–Crippen LogP) is 3.76. The first-order chi connectivity index (χ1) is 12.8. The van der Waals surface area contributed by atoms with E-state index < -0.39 is 5.57 Å². The maximum Gasteiger partial charge on any atom is 0.150 e. The topological polar surface area (TPSA) is 54.2 Å². The van der Waals surface area contributed by atoms with Gasteiger partial charge in [0.1, 0.15) is 13.7 Å². The first kappa shape index (κ1) is 19.8. The minimum atomic E-state index is -0.988. The minimum Gasteiger partial charge on any atom is -0.383 e. The van der Waals surface area contributed by atoms with Crippen LogP contribution in [0.5, 0.6) is 0 Å². The summed E-state index contributed by atoms with van der Waals surface area (Å²) < 4.78 is 14.2.